The summed E-state index contributed by atoms with van der Waals surface area (Å²) in [5.74, 6) is 2.79. The number of fused-ring (bicyclic) bond motifs is 2. The highest BCUT2D eigenvalue weighted by Gasteiger charge is 2.32. The third-order valence-corrected chi connectivity index (χ3v) is 4.42. The minimum Gasteiger partial charge on any atom is -0.454 e. The smallest absolute Gasteiger partial charge is 0.254 e. The number of nitrogens with zero attached hydrogens (tertiary/aromatic N) is 4. The predicted molar refractivity (Wildman–Crippen MR) is 82.8 cm³/mol. The number of benzene rings is 1. The fraction of sp³-hybridized carbons (Fsp3) is 0.438. The van der Waals surface area contributed by atoms with E-state index in [-0.39, 0.29) is 18.7 Å². The van der Waals surface area contributed by atoms with Gasteiger partial charge < -0.3 is 23.7 Å². The first-order valence-corrected chi connectivity index (χ1v) is 7.80. The van der Waals surface area contributed by atoms with Gasteiger partial charge in [-0.2, -0.15) is 0 Å². The molecule has 0 spiro atoms. The first kappa shape index (κ1) is 14.9. The maximum atomic E-state index is 12.9. The fourth-order valence-electron chi connectivity index (χ4n) is 3.15. The van der Waals surface area contributed by atoms with E-state index in [2.05, 4.69) is 10.2 Å². The van der Waals surface area contributed by atoms with Crippen LogP contribution in [0.5, 0.6) is 11.5 Å². The number of carbonyl (C=O) groups excluding carboxylic acids is 1. The lowest BCUT2D eigenvalue weighted by molar-refractivity contribution is 0.0632. The summed E-state index contributed by atoms with van der Waals surface area (Å²) in [6.07, 6.45) is 0. The Balaban J connectivity index is 1.59. The lowest BCUT2D eigenvalue weighted by atomic mass is 10.1. The lowest BCUT2D eigenvalue weighted by Crippen LogP contribution is -2.41. The Morgan fingerprint density at radius 2 is 2.12 bits per heavy atom. The zero-order valence-corrected chi connectivity index (χ0v) is 13.6. The van der Waals surface area contributed by atoms with Crippen molar-refractivity contribution in [1.29, 1.82) is 0 Å². The van der Waals surface area contributed by atoms with Gasteiger partial charge in [0.1, 0.15) is 6.61 Å². The molecule has 126 valence electrons. The molecule has 8 heteroatoms. The molecule has 2 aliphatic rings. The summed E-state index contributed by atoms with van der Waals surface area (Å²) < 4.78 is 17.8. The molecule has 0 radical (unpaired) electrons. The van der Waals surface area contributed by atoms with Gasteiger partial charge in [-0.3, -0.25) is 4.79 Å². The molecule has 4 rings (SSSR count). The number of amides is 1. The van der Waals surface area contributed by atoms with Gasteiger partial charge in [-0.15, -0.1) is 10.2 Å². The van der Waals surface area contributed by atoms with Crippen molar-refractivity contribution in [3.8, 4) is 11.5 Å². The van der Waals surface area contributed by atoms with Crippen molar-refractivity contribution >= 4 is 5.91 Å². The summed E-state index contributed by atoms with van der Waals surface area (Å²) in [5, 5.41) is 8.40. The van der Waals surface area contributed by atoms with Crippen LogP contribution in [0.3, 0.4) is 0 Å². The molecule has 0 aliphatic carbocycles. The maximum absolute atomic E-state index is 12.9. The van der Waals surface area contributed by atoms with E-state index in [1.807, 2.05) is 11.5 Å². The van der Waals surface area contributed by atoms with Gasteiger partial charge in [-0.1, -0.05) is 0 Å². The number of carbonyl (C=O) groups is 1. The van der Waals surface area contributed by atoms with Crippen LogP contribution in [0.1, 0.15) is 35.0 Å². The van der Waals surface area contributed by atoms with Crippen LogP contribution in [0.4, 0.5) is 0 Å². The SMILES string of the molecule is COCc1nnc2n1CCN(C(=O)c1ccc3c(c1)OCO3)C2C. The monoisotopic (exact) mass is 330 g/mol. The first-order chi connectivity index (χ1) is 11.7. The van der Waals surface area contributed by atoms with Crippen LogP contribution in [0.15, 0.2) is 18.2 Å². The summed E-state index contributed by atoms with van der Waals surface area (Å²) in [5.41, 5.74) is 0.580. The Labute approximate surface area is 138 Å². The number of hydrogen-bond donors (Lipinski definition) is 0. The Bertz CT molecular complexity index is 788. The van der Waals surface area contributed by atoms with Gasteiger partial charge >= 0.3 is 0 Å². The van der Waals surface area contributed by atoms with Crippen LogP contribution in [0.2, 0.25) is 0 Å². The van der Waals surface area contributed by atoms with Gasteiger partial charge in [0.15, 0.2) is 23.1 Å². The van der Waals surface area contributed by atoms with Crippen LogP contribution in [0, 0.1) is 0 Å². The molecule has 8 nitrogen and oxygen atoms in total. The Morgan fingerprint density at radius 3 is 2.96 bits per heavy atom. The van der Waals surface area contributed by atoms with Crippen LogP contribution >= 0.6 is 0 Å². The molecule has 0 bridgehead atoms. The van der Waals surface area contributed by atoms with Crippen LogP contribution in [-0.4, -0.2) is 46.0 Å². The largest absolute Gasteiger partial charge is 0.454 e. The average molecular weight is 330 g/mol. The zero-order chi connectivity index (χ0) is 16.7. The number of hydrogen-bond acceptors (Lipinski definition) is 6. The van der Waals surface area contributed by atoms with Crippen molar-refractivity contribution in [2.45, 2.75) is 26.1 Å². The summed E-state index contributed by atoms with van der Waals surface area (Å²) in [6.45, 7) is 3.81. The van der Waals surface area contributed by atoms with Crippen LogP contribution < -0.4 is 9.47 Å². The number of rotatable bonds is 3. The maximum Gasteiger partial charge on any atom is 0.254 e. The number of methoxy groups -OCH3 is 1. The van der Waals surface area contributed by atoms with Crippen molar-refractivity contribution < 1.29 is 19.0 Å². The Hall–Kier alpha value is -2.61. The molecule has 1 atom stereocenters. The molecule has 1 aromatic carbocycles. The van der Waals surface area contributed by atoms with Crippen molar-refractivity contribution in [3.05, 3.63) is 35.4 Å². The van der Waals surface area contributed by atoms with E-state index < -0.39 is 0 Å². The summed E-state index contributed by atoms with van der Waals surface area (Å²) in [7, 11) is 1.63. The number of aromatic nitrogens is 3. The minimum absolute atomic E-state index is 0.0525. The minimum atomic E-state index is -0.158. The molecule has 2 aromatic rings. The van der Waals surface area contributed by atoms with Crippen LogP contribution in [-0.2, 0) is 17.9 Å². The molecule has 1 unspecified atom stereocenters. The van der Waals surface area contributed by atoms with Crippen molar-refractivity contribution in [3.63, 3.8) is 0 Å². The molecule has 0 saturated heterocycles. The van der Waals surface area contributed by atoms with E-state index in [1.165, 1.54) is 0 Å². The summed E-state index contributed by atoms with van der Waals surface area (Å²) in [4.78, 5) is 14.7. The van der Waals surface area contributed by atoms with Crippen LogP contribution in [0.25, 0.3) is 0 Å². The van der Waals surface area contributed by atoms with Gasteiger partial charge in [0.25, 0.3) is 5.91 Å². The van der Waals surface area contributed by atoms with E-state index >= 15 is 0 Å². The van der Waals surface area contributed by atoms with Crippen molar-refractivity contribution in [2.75, 3.05) is 20.4 Å². The van der Waals surface area contributed by atoms with Gasteiger partial charge in [0.2, 0.25) is 6.79 Å². The second-order valence-corrected chi connectivity index (χ2v) is 5.80. The predicted octanol–water partition coefficient (Wildman–Crippen LogP) is 1.37. The van der Waals surface area contributed by atoms with E-state index in [0.29, 0.717) is 36.8 Å². The molecule has 0 saturated carbocycles. The molecule has 3 heterocycles. The first-order valence-electron chi connectivity index (χ1n) is 7.80. The normalized spacial score (nSPS) is 18.6. The van der Waals surface area contributed by atoms with Crippen molar-refractivity contribution in [2.24, 2.45) is 0 Å². The zero-order valence-electron chi connectivity index (χ0n) is 13.6. The molecule has 1 amide bonds. The standard InChI is InChI=1S/C16H18N4O4/c1-10-15-18-17-14(8-22-2)20(15)6-5-19(10)16(21)11-3-4-12-13(7-11)24-9-23-12/h3-4,7,10H,5-6,8-9H2,1-2H3. The van der Waals surface area contributed by atoms with Gasteiger partial charge in [0, 0.05) is 25.8 Å². The van der Waals surface area contributed by atoms with E-state index in [9.17, 15) is 4.79 Å². The Kier molecular flexibility index (Phi) is 3.61. The highest BCUT2D eigenvalue weighted by atomic mass is 16.7. The van der Waals surface area contributed by atoms with E-state index in [1.54, 1.807) is 30.2 Å². The quantitative estimate of drug-likeness (QED) is 0.846. The molecular weight excluding hydrogens is 312 g/mol. The fourth-order valence-corrected chi connectivity index (χ4v) is 3.15. The van der Waals surface area contributed by atoms with Gasteiger partial charge in [-0.05, 0) is 25.1 Å². The van der Waals surface area contributed by atoms with E-state index in [4.69, 9.17) is 14.2 Å². The third-order valence-electron chi connectivity index (χ3n) is 4.42. The lowest BCUT2D eigenvalue weighted by Gasteiger charge is -2.33. The van der Waals surface area contributed by atoms with Gasteiger partial charge in [-0.25, -0.2) is 0 Å². The molecular formula is C16H18N4O4. The second kappa shape index (κ2) is 5.79. The molecule has 1 aromatic heterocycles. The molecule has 24 heavy (non-hydrogen) atoms. The highest BCUT2D eigenvalue weighted by Crippen LogP contribution is 2.34. The van der Waals surface area contributed by atoms with Crippen molar-refractivity contribution in [1.82, 2.24) is 19.7 Å². The Morgan fingerprint density at radius 1 is 1.29 bits per heavy atom. The summed E-state index contributed by atoms with van der Waals surface area (Å²) in [6, 6.07) is 5.10. The third kappa shape index (κ3) is 2.30. The molecule has 2 aliphatic heterocycles. The average Bonchev–Trinajstić information content (AvgIpc) is 3.21. The molecule has 0 N–H and O–H groups in total. The topological polar surface area (TPSA) is 78.7 Å². The molecule has 0 fully saturated rings. The van der Waals surface area contributed by atoms with E-state index in [0.717, 1.165) is 11.6 Å². The number of ether oxygens (including phenoxy) is 3. The summed E-state index contributed by atoms with van der Waals surface area (Å²) >= 11 is 0. The highest BCUT2D eigenvalue weighted by molar-refractivity contribution is 5.95. The van der Waals surface area contributed by atoms with Gasteiger partial charge in [0.05, 0.1) is 6.04 Å². The second-order valence-electron chi connectivity index (χ2n) is 5.80.